The quantitative estimate of drug-likeness (QED) is 0.750. The number of aromatic hydroxyl groups is 1. The molecule has 1 aliphatic rings. The minimum absolute atomic E-state index is 0.0862. The van der Waals surface area contributed by atoms with Crippen molar-refractivity contribution in [3.05, 3.63) is 59.7 Å². The second-order valence-corrected chi connectivity index (χ2v) is 4.98. The topological polar surface area (TPSA) is 86.6 Å². The van der Waals surface area contributed by atoms with Gasteiger partial charge in [0.05, 0.1) is 12.0 Å². The van der Waals surface area contributed by atoms with Gasteiger partial charge >= 0.3 is 0 Å². The van der Waals surface area contributed by atoms with Crippen molar-refractivity contribution in [2.45, 2.75) is 12.0 Å². The lowest BCUT2D eigenvalue weighted by molar-refractivity contribution is -0.133. The molecule has 0 unspecified atom stereocenters. The Bertz CT molecular complexity index is 741. The molecule has 0 spiro atoms. The highest BCUT2D eigenvalue weighted by molar-refractivity contribution is 6.09. The highest BCUT2D eigenvalue weighted by Gasteiger charge is 2.46. The fraction of sp³-hybridized carbons (Fsp3) is 0.125. The molecule has 0 saturated carbocycles. The lowest BCUT2D eigenvalue weighted by atomic mass is 9.88. The van der Waals surface area contributed by atoms with E-state index < -0.39 is 23.7 Å². The Labute approximate surface area is 120 Å². The molecule has 2 aromatic carbocycles. The average Bonchev–Trinajstić information content (AvgIpc) is 2.71. The molecule has 0 radical (unpaired) electrons. The molecule has 0 fully saturated rings. The van der Waals surface area contributed by atoms with Crippen molar-refractivity contribution in [1.29, 1.82) is 0 Å². The molecule has 0 aromatic heterocycles. The number of benzene rings is 2. The maximum atomic E-state index is 12.3. The van der Waals surface area contributed by atoms with Crippen molar-refractivity contribution in [1.82, 2.24) is 0 Å². The lowest BCUT2D eigenvalue weighted by Gasteiger charge is -2.20. The first-order chi connectivity index (χ1) is 10.0. The number of nitrogens with one attached hydrogen (secondary N) is 1. The van der Waals surface area contributed by atoms with Gasteiger partial charge in [-0.1, -0.05) is 30.3 Å². The molecule has 0 aliphatic carbocycles. The van der Waals surface area contributed by atoms with Crippen LogP contribution in [-0.2, 0) is 10.4 Å². The van der Waals surface area contributed by atoms with E-state index in [1.807, 2.05) is 0 Å². The first-order valence-electron chi connectivity index (χ1n) is 6.47. The largest absolute Gasteiger partial charge is 0.507 e. The molecular formula is C16H13NO4. The van der Waals surface area contributed by atoms with E-state index in [0.717, 1.165) is 0 Å². The summed E-state index contributed by atoms with van der Waals surface area (Å²) in [6, 6.07) is 12.7. The van der Waals surface area contributed by atoms with E-state index in [1.165, 1.54) is 12.1 Å². The maximum Gasteiger partial charge on any atom is 0.261 e. The van der Waals surface area contributed by atoms with Gasteiger partial charge in [0, 0.05) is 11.3 Å². The van der Waals surface area contributed by atoms with Gasteiger partial charge in [-0.3, -0.25) is 9.59 Å². The lowest BCUT2D eigenvalue weighted by Crippen LogP contribution is -2.36. The number of para-hydroxylation sites is 2. The van der Waals surface area contributed by atoms with Crippen molar-refractivity contribution >= 4 is 17.4 Å². The fourth-order valence-electron chi connectivity index (χ4n) is 2.51. The zero-order valence-electron chi connectivity index (χ0n) is 11.0. The molecule has 5 heteroatoms. The van der Waals surface area contributed by atoms with Gasteiger partial charge in [0.15, 0.2) is 11.4 Å². The number of phenolic OH excluding ortho intramolecular Hbond substituents is 1. The highest BCUT2D eigenvalue weighted by atomic mass is 16.3. The number of hydrogen-bond acceptors (Lipinski definition) is 4. The molecule has 1 aliphatic heterocycles. The monoisotopic (exact) mass is 283 g/mol. The standard InChI is InChI=1S/C16H13NO4/c18-13-8-4-1-5-10(13)14(19)9-16(21)11-6-2-3-7-12(11)17-15(16)20/h1-8,18,21H,9H2,(H,17,20)/t16-/m1/s1. The van der Waals surface area contributed by atoms with Crippen LogP contribution in [0.3, 0.4) is 0 Å². The number of fused-ring (bicyclic) bond motifs is 1. The van der Waals surface area contributed by atoms with Crippen LogP contribution in [0.1, 0.15) is 22.3 Å². The number of carbonyl (C=O) groups excluding carboxylic acids is 2. The molecule has 3 rings (SSSR count). The van der Waals surface area contributed by atoms with Gasteiger partial charge in [-0.25, -0.2) is 0 Å². The van der Waals surface area contributed by atoms with Gasteiger partial charge in [0.25, 0.3) is 5.91 Å². The van der Waals surface area contributed by atoms with Crippen molar-refractivity contribution in [3.8, 4) is 5.75 Å². The molecular weight excluding hydrogens is 270 g/mol. The summed E-state index contributed by atoms with van der Waals surface area (Å²) in [7, 11) is 0. The van der Waals surface area contributed by atoms with Crippen LogP contribution in [-0.4, -0.2) is 21.9 Å². The number of ketones is 1. The molecule has 0 bridgehead atoms. The molecule has 5 nitrogen and oxygen atoms in total. The Balaban J connectivity index is 1.96. The van der Waals surface area contributed by atoms with E-state index >= 15 is 0 Å². The minimum Gasteiger partial charge on any atom is -0.507 e. The second kappa shape index (κ2) is 4.71. The van der Waals surface area contributed by atoms with Gasteiger partial charge < -0.3 is 15.5 Å². The molecule has 106 valence electrons. The van der Waals surface area contributed by atoms with Crippen molar-refractivity contribution in [3.63, 3.8) is 0 Å². The normalized spacial score (nSPS) is 20.0. The maximum absolute atomic E-state index is 12.3. The Hall–Kier alpha value is -2.66. The number of amides is 1. The number of anilines is 1. The van der Waals surface area contributed by atoms with Crippen LogP contribution in [0.2, 0.25) is 0 Å². The molecule has 1 heterocycles. The predicted octanol–water partition coefficient (Wildman–Crippen LogP) is 1.80. The summed E-state index contributed by atoms with van der Waals surface area (Å²) in [4.78, 5) is 24.3. The van der Waals surface area contributed by atoms with Gasteiger partial charge in [-0.15, -0.1) is 0 Å². The van der Waals surface area contributed by atoms with Crippen LogP contribution in [0.4, 0.5) is 5.69 Å². The Kier molecular flexibility index (Phi) is 2.99. The van der Waals surface area contributed by atoms with Crippen LogP contribution in [0, 0.1) is 0 Å². The third-order valence-corrected chi connectivity index (χ3v) is 3.62. The van der Waals surface area contributed by atoms with E-state index in [1.54, 1.807) is 36.4 Å². The minimum atomic E-state index is -1.91. The number of carbonyl (C=O) groups is 2. The average molecular weight is 283 g/mol. The first-order valence-corrected chi connectivity index (χ1v) is 6.47. The summed E-state index contributed by atoms with van der Waals surface area (Å²) in [5, 5.41) is 22.9. The number of phenols is 1. The molecule has 1 amide bonds. The van der Waals surface area contributed by atoms with Gasteiger partial charge in [0.1, 0.15) is 5.75 Å². The van der Waals surface area contributed by atoms with Gasteiger partial charge in [0.2, 0.25) is 0 Å². The van der Waals surface area contributed by atoms with Crippen LogP contribution in [0.15, 0.2) is 48.5 Å². The number of aliphatic hydroxyl groups is 1. The molecule has 0 saturated heterocycles. The number of Topliss-reactive ketones (excluding diaryl/α,β-unsaturated/α-hetero) is 1. The fourth-order valence-corrected chi connectivity index (χ4v) is 2.51. The van der Waals surface area contributed by atoms with Crippen LogP contribution < -0.4 is 5.32 Å². The SMILES string of the molecule is O=C(C[C@]1(O)C(=O)Nc2ccccc21)c1ccccc1O. The summed E-state index contributed by atoms with van der Waals surface area (Å²) < 4.78 is 0. The smallest absolute Gasteiger partial charge is 0.261 e. The van der Waals surface area contributed by atoms with Crippen molar-refractivity contribution in [2.75, 3.05) is 5.32 Å². The zero-order valence-corrected chi connectivity index (χ0v) is 11.0. The summed E-state index contributed by atoms with van der Waals surface area (Å²) in [5.41, 5.74) is -0.951. The third-order valence-electron chi connectivity index (χ3n) is 3.62. The van der Waals surface area contributed by atoms with Crippen LogP contribution in [0.25, 0.3) is 0 Å². The van der Waals surface area contributed by atoms with Crippen molar-refractivity contribution < 1.29 is 19.8 Å². The predicted molar refractivity (Wildman–Crippen MR) is 76.0 cm³/mol. The van der Waals surface area contributed by atoms with Crippen LogP contribution >= 0.6 is 0 Å². The van der Waals surface area contributed by atoms with Crippen molar-refractivity contribution in [2.24, 2.45) is 0 Å². The van der Waals surface area contributed by atoms with Gasteiger partial charge in [-0.2, -0.15) is 0 Å². The van der Waals surface area contributed by atoms with E-state index in [9.17, 15) is 19.8 Å². The summed E-state index contributed by atoms with van der Waals surface area (Å²) >= 11 is 0. The zero-order chi connectivity index (χ0) is 15.0. The first kappa shape index (κ1) is 13.3. The second-order valence-electron chi connectivity index (χ2n) is 4.98. The Morgan fingerprint density at radius 3 is 2.52 bits per heavy atom. The summed E-state index contributed by atoms with van der Waals surface area (Å²) in [6.07, 6.45) is -0.423. The summed E-state index contributed by atoms with van der Waals surface area (Å²) in [5.74, 6) is -1.30. The summed E-state index contributed by atoms with van der Waals surface area (Å²) in [6.45, 7) is 0. The Morgan fingerprint density at radius 2 is 1.76 bits per heavy atom. The molecule has 21 heavy (non-hydrogen) atoms. The van der Waals surface area contributed by atoms with E-state index in [2.05, 4.69) is 5.32 Å². The Morgan fingerprint density at radius 1 is 1.10 bits per heavy atom. The molecule has 3 N–H and O–H groups in total. The highest BCUT2D eigenvalue weighted by Crippen LogP contribution is 2.39. The van der Waals surface area contributed by atoms with Crippen LogP contribution in [0.5, 0.6) is 5.75 Å². The van der Waals surface area contributed by atoms with E-state index in [-0.39, 0.29) is 11.3 Å². The number of hydrogen-bond donors (Lipinski definition) is 3. The van der Waals surface area contributed by atoms with E-state index in [0.29, 0.717) is 11.3 Å². The molecule has 2 aromatic rings. The van der Waals surface area contributed by atoms with E-state index in [4.69, 9.17) is 0 Å². The number of rotatable bonds is 3. The molecule has 1 atom stereocenters. The van der Waals surface area contributed by atoms with Gasteiger partial charge in [-0.05, 0) is 18.2 Å². The third kappa shape index (κ3) is 2.08.